The van der Waals surface area contributed by atoms with Crippen LogP contribution in [0.15, 0.2) is 48.5 Å². The van der Waals surface area contributed by atoms with Crippen LogP contribution >= 0.6 is 0 Å². The van der Waals surface area contributed by atoms with Crippen LogP contribution in [0.3, 0.4) is 0 Å². The van der Waals surface area contributed by atoms with Gasteiger partial charge in [0.05, 0.1) is 24.8 Å². The van der Waals surface area contributed by atoms with Crippen LogP contribution in [0, 0.1) is 0 Å². The predicted molar refractivity (Wildman–Crippen MR) is 91.2 cm³/mol. The number of hydrogen-bond acceptors (Lipinski definition) is 3. The van der Waals surface area contributed by atoms with Crippen molar-refractivity contribution < 1.29 is 27.5 Å². The van der Waals surface area contributed by atoms with Crippen LogP contribution in [-0.4, -0.2) is 25.0 Å². The number of rotatable bonds is 4. The molecule has 1 heterocycles. The third kappa shape index (κ3) is 4.58. The zero-order valence-corrected chi connectivity index (χ0v) is 14.2. The van der Waals surface area contributed by atoms with E-state index in [-0.39, 0.29) is 18.2 Å². The minimum atomic E-state index is -4.46. The molecule has 2 amide bonds. The van der Waals surface area contributed by atoms with Crippen molar-refractivity contribution >= 4 is 11.8 Å². The largest absolute Gasteiger partial charge is 0.493 e. The molecule has 5 nitrogen and oxygen atoms in total. The number of benzene rings is 2. The Hall–Kier alpha value is -3.03. The predicted octanol–water partition coefficient (Wildman–Crippen LogP) is 3.08. The third-order valence-corrected chi connectivity index (χ3v) is 4.18. The number of para-hydroxylation sites is 1. The van der Waals surface area contributed by atoms with Gasteiger partial charge in [0.15, 0.2) is 0 Å². The van der Waals surface area contributed by atoms with Crippen LogP contribution in [0.2, 0.25) is 0 Å². The molecule has 1 atom stereocenters. The summed E-state index contributed by atoms with van der Waals surface area (Å²) >= 11 is 0. The van der Waals surface area contributed by atoms with Crippen LogP contribution in [0.1, 0.15) is 33.9 Å². The molecule has 2 aromatic carbocycles. The zero-order chi connectivity index (χ0) is 19.4. The summed E-state index contributed by atoms with van der Waals surface area (Å²) in [6, 6.07) is 11.0. The lowest BCUT2D eigenvalue weighted by Crippen LogP contribution is -2.40. The lowest BCUT2D eigenvalue weighted by atomic mass is 10.0. The highest BCUT2D eigenvalue weighted by atomic mass is 19.4. The maximum Gasteiger partial charge on any atom is 0.416 e. The Morgan fingerprint density at radius 3 is 2.48 bits per heavy atom. The second-order valence-electron chi connectivity index (χ2n) is 6.05. The fraction of sp³-hybridized carbons (Fsp3) is 0.263. The summed E-state index contributed by atoms with van der Waals surface area (Å²) in [7, 11) is 0. The molecule has 8 heteroatoms. The topological polar surface area (TPSA) is 67.4 Å². The summed E-state index contributed by atoms with van der Waals surface area (Å²) in [5, 5.41) is 5.24. The number of alkyl halides is 3. The minimum Gasteiger partial charge on any atom is -0.493 e. The standard InChI is InChI=1S/C19H17F3N2O3/c20-19(21,22)13-7-5-12(6-8-13)18(26)23-11-17(25)24-15-9-10-27-16-4-2-1-3-14(15)16/h1-8,15H,9-11H2,(H,23,26)(H,24,25). The molecule has 0 saturated heterocycles. The van der Waals surface area contributed by atoms with Crippen molar-refractivity contribution in [2.45, 2.75) is 18.6 Å². The van der Waals surface area contributed by atoms with Crippen LogP contribution in [-0.2, 0) is 11.0 Å². The first-order valence-corrected chi connectivity index (χ1v) is 8.31. The molecule has 0 bridgehead atoms. The number of carbonyl (C=O) groups is 2. The number of amides is 2. The average molecular weight is 378 g/mol. The van der Waals surface area contributed by atoms with E-state index in [0.717, 1.165) is 29.8 Å². The van der Waals surface area contributed by atoms with Gasteiger partial charge in [0.1, 0.15) is 5.75 Å². The zero-order valence-electron chi connectivity index (χ0n) is 14.2. The molecule has 1 aliphatic rings. The molecule has 2 N–H and O–H groups in total. The van der Waals surface area contributed by atoms with E-state index in [9.17, 15) is 22.8 Å². The Bertz CT molecular complexity index is 835. The number of halogens is 3. The van der Waals surface area contributed by atoms with E-state index < -0.39 is 23.6 Å². The third-order valence-electron chi connectivity index (χ3n) is 4.18. The van der Waals surface area contributed by atoms with Gasteiger partial charge in [0.25, 0.3) is 5.91 Å². The van der Waals surface area contributed by atoms with Gasteiger partial charge in [0, 0.05) is 17.5 Å². The van der Waals surface area contributed by atoms with Crippen molar-refractivity contribution in [1.82, 2.24) is 10.6 Å². The second-order valence-corrected chi connectivity index (χ2v) is 6.05. The van der Waals surface area contributed by atoms with Gasteiger partial charge < -0.3 is 15.4 Å². The smallest absolute Gasteiger partial charge is 0.416 e. The number of hydrogen-bond donors (Lipinski definition) is 2. The normalized spacial score (nSPS) is 16.0. The summed E-state index contributed by atoms with van der Waals surface area (Å²) in [5.41, 5.74) is 0.0772. The molecule has 3 rings (SSSR count). The molecular weight excluding hydrogens is 361 g/mol. The van der Waals surface area contributed by atoms with E-state index in [2.05, 4.69) is 10.6 Å². The summed E-state index contributed by atoms with van der Waals surface area (Å²) < 4.78 is 43.1. The maximum atomic E-state index is 12.5. The lowest BCUT2D eigenvalue weighted by Gasteiger charge is -2.26. The summed E-state index contributed by atoms with van der Waals surface area (Å²) in [4.78, 5) is 24.1. The summed E-state index contributed by atoms with van der Waals surface area (Å²) in [6.07, 6.45) is -3.86. The minimum absolute atomic E-state index is 0.0483. The van der Waals surface area contributed by atoms with Gasteiger partial charge in [-0.1, -0.05) is 18.2 Å². The molecule has 0 spiro atoms. The Morgan fingerprint density at radius 2 is 1.78 bits per heavy atom. The SMILES string of the molecule is O=C(CNC(=O)c1ccc(C(F)(F)F)cc1)NC1CCOc2ccccc21. The molecule has 1 aliphatic heterocycles. The molecular formula is C19H17F3N2O3. The Balaban J connectivity index is 1.54. The van der Waals surface area contributed by atoms with Crippen LogP contribution in [0.5, 0.6) is 5.75 Å². The quantitative estimate of drug-likeness (QED) is 0.859. The van der Waals surface area contributed by atoms with Crippen LogP contribution in [0.25, 0.3) is 0 Å². The van der Waals surface area contributed by atoms with Crippen LogP contribution < -0.4 is 15.4 Å². The van der Waals surface area contributed by atoms with Crippen molar-refractivity contribution in [3.8, 4) is 5.75 Å². The van der Waals surface area contributed by atoms with Gasteiger partial charge in [0.2, 0.25) is 5.91 Å². The Kier molecular flexibility index (Phi) is 5.34. The van der Waals surface area contributed by atoms with Crippen molar-refractivity contribution in [2.24, 2.45) is 0 Å². The van der Waals surface area contributed by atoms with Gasteiger partial charge in [-0.05, 0) is 30.3 Å². The average Bonchev–Trinajstić information content (AvgIpc) is 2.66. The number of fused-ring (bicyclic) bond motifs is 1. The van der Waals surface area contributed by atoms with Gasteiger partial charge >= 0.3 is 6.18 Å². The van der Waals surface area contributed by atoms with E-state index in [4.69, 9.17) is 4.74 Å². The molecule has 1 unspecified atom stereocenters. The van der Waals surface area contributed by atoms with Crippen molar-refractivity contribution in [1.29, 1.82) is 0 Å². The highest BCUT2D eigenvalue weighted by Gasteiger charge is 2.30. The van der Waals surface area contributed by atoms with E-state index in [0.29, 0.717) is 18.8 Å². The van der Waals surface area contributed by atoms with Gasteiger partial charge in [-0.3, -0.25) is 9.59 Å². The number of ether oxygens (including phenoxy) is 1. The first-order valence-electron chi connectivity index (χ1n) is 8.31. The monoisotopic (exact) mass is 378 g/mol. The fourth-order valence-corrected chi connectivity index (χ4v) is 2.81. The van der Waals surface area contributed by atoms with Gasteiger partial charge in [-0.25, -0.2) is 0 Å². The molecule has 0 fully saturated rings. The molecule has 0 radical (unpaired) electrons. The van der Waals surface area contributed by atoms with E-state index >= 15 is 0 Å². The van der Waals surface area contributed by atoms with Crippen molar-refractivity contribution in [3.63, 3.8) is 0 Å². The molecule has 27 heavy (non-hydrogen) atoms. The van der Waals surface area contributed by atoms with E-state index in [1.54, 1.807) is 0 Å². The Labute approximate surface area is 153 Å². The fourth-order valence-electron chi connectivity index (χ4n) is 2.81. The second kappa shape index (κ2) is 7.69. The summed E-state index contributed by atoms with van der Waals surface area (Å²) in [5.74, 6) is -0.300. The lowest BCUT2D eigenvalue weighted by molar-refractivity contribution is -0.137. The Morgan fingerprint density at radius 1 is 1.07 bits per heavy atom. The molecule has 0 saturated carbocycles. The first-order chi connectivity index (χ1) is 12.8. The highest BCUT2D eigenvalue weighted by molar-refractivity contribution is 5.96. The van der Waals surface area contributed by atoms with E-state index in [1.165, 1.54) is 0 Å². The van der Waals surface area contributed by atoms with Crippen molar-refractivity contribution in [2.75, 3.05) is 13.2 Å². The van der Waals surface area contributed by atoms with Crippen molar-refractivity contribution in [3.05, 3.63) is 65.2 Å². The van der Waals surface area contributed by atoms with Gasteiger partial charge in [-0.15, -0.1) is 0 Å². The summed E-state index contributed by atoms with van der Waals surface area (Å²) in [6.45, 7) is 0.194. The van der Waals surface area contributed by atoms with Gasteiger partial charge in [-0.2, -0.15) is 13.2 Å². The van der Waals surface area contributed by atoms with E-state index in [1.807, 2.05) is 24.3 Å². The maximum absolute atomic E-state index is 12.5. The number of carbonyl (C=O) groups excluding carboxylic acids is 2. The molecule has 0 aromatic heterocycles. The molecule has 2 aromatic rings. The molecule has 142 valence electrons. The van der Waals surface area contributed by atoms with Crippen LogP contribution in [0.4, 0.5) is 13.2 Å². The molecule has 0 aliphatic carbocycles. The first kappa shape index (κ1) is 18.8. The number of nitrogens with one attached hydrogen (secondary N) is 2. The highest BCUT2D eigenvalue weighted by Crippen LogP contribution is 2.31.